The van der Waals surface area contributed by atoms with Gasteiger partial charge in [0, 0.05) is 50.1 Å². The first-order valence-corrected chi connectivity index (χ1v) is 10.5. The summed E-state index contributed by atoms with van der Waals surface area (Å²) in [6.45, 7) is 1.89. The number of nitrogens with one attached hydrogen (secondary N) is 1. The summed E-state index contributed by atoms with van der Waals surface area (Å²) >= 11 is 0. The van der Waals surface area contributed by atoms with E-state index in [-0.39, 0.29) is 18.0 Å². The van der Waals surface area contributed by atoms with Crippen LogP contribution in [0.3, 0.4) is 0 Å². The van der Waals surface area contributed by atoms with E-state index in [1.54, 1.807) is 11.8 Å². The van der Waals surface area contributed by atoms with Gasteiger partial charge < -0.3 is 19.7 Å². The van der Waals surface area contributed by atoms with Crippen molar-refractivity contribution in [2.45, 2.75) is 26.1 Å². The molecule has 0 aliphatic rings. The van der Waals surface area contributed by atoms with Gasteiger partial charge in [0.05, 0.1) is 18.3 Å². The number of ether oxygens (including phenoxy) is 1. The average molecular weight is 448 g/mol. The van der Waals surface area contributed by atoms with Gasteiger partial charge in [-0.1, -0.05) is 23.4 Å². The summed E-state index contributed by atoms with van der Waals surface area (Å²) in [5.41, 5.74) is 2.80. The van der Waals surface area contributed by atoms with Crippen LogP contribution in [0, 0.1) is 0 Å². The highest BCUT2D eigenvalue weighted by atomic mass is 16.5. The Balaban J connectivity index is 1.54. The highest BCUT2D eigenvalue weighted by molar-refractivity contribution is 5.98. The predicted octanol–water partition coefficient (Wildman–Crippen LogP) is 2.34. The van der Waals surface area contributed by atoms with Crippen LogP contribution in [0.5, 0.6) is 0 Å². The number of rotatable bonds is 10. The number of benzene rings is 1. The molecule has 0 bridgehead atoms. The van der Waals surface area contributed by atoms with Gasteiger partial charge in [0.1, 0.15) is 11.4 Å². The quantitative estimate of drug-likeness (QED) is 0.357. The summed E-state index contributed by atoms with van der Waals surface area (Å²) in [7, 11) is 1.66. The lowest BCUT2D eigenvalue weighted by atomic mass is 10.2. The fraction of sp³-hybridized carbons (Fsp3) is 0.261. The molecule has 1 amide bonds. The van der Waals surface area contributed by atoms with Gasteiger partial charge in [-0.05, 0) is 30.2 Å². The summed E-state index contributed by atoms with van der Waals surface area (Å²) in [6, 6.07) is 11.1. The van der Waals surface area contributed by atoms with Crippen molar-refractivity contribution in [3.8, 4) is 0 Å². The lowest BCUT2D eigenvalue weighted by Crippen LogP contribution is -2.26. The fourth-order valence-corrected chi connectivity index (χ4v) is 3.60. The third kappa shape index (κ3) is 5.24. The number of carbonyl (C=O) groups is 2. The zero-order valence-electron chi connectivity index (χ0n) is 18.1. The Morgan fingerprint density at radius 3 is 2.85 bits per heavy atom. The van der Waals surface area contributed by atoms with Crippen LogP contribution in [-0.2, 0) is 24.4 Å². The molecular formula is C23H24N6O4. The summed E-state index contributed by atoms with van der Waals surface area (Å²) in [6.07, 6.45) is 5.50. The second kappa shape index (κ2) is 10.0. The van der Waals surface area contributed by atoms with Gasteiger partial charge in [-0.25, -0.2) is 4.79 Å². The molecule has 170 valence electrons. The van der Waals surface area contributed by atoms with E-state index in [9.17, 15) is 9.59 Å². The summed E-state index contributed by atoms with van der Waals surface area (Å²) < 4.78 is 8.74. The van der Waals surface area contributed by atoms with Crippen molar-refractivity contribution in [2.75, 3.05) is 13.7 Å². The minimum absolute atomic E-state index is 0.0736. The third-order valence-corrected chi connectivity index (χ3v) is 5.18. The fourth-order valence-electron chi connectivity index (χ4n) is 3.60. The maximum Gasteiger partial charge on any atom is 0.337 e. The molecule has 3 heterocycles. The summed E-state index contributed by atoms with van der Waals surface area (Å²) in [5, 5.41) is 21.3. The van der Waals surface area contributed by atoms with Crippen LogP contribution in [0.4, 0.5) is 0 Å². The Hall–Kier alpha value is -4.05. The SMILES string of the molecule is COCCCn1cc(Cn2c(C(=O)NCc3cncc(C(=O)O)c3)cc3ccccc32)nn1. The van der Waals surface area contributed by atoms with Crippen LogP contribution in [-0.4, -0.2) is 55.2 Å². The molecular weight excluding hydrogens is 424 g/mol. The minimum atomic E-state index is -1.06. The molecule has 3 aromatic heterocycles. The molecule has 0 aliphatic carbocycles. The number of methoxy groups -OCH3 is 1. The van der Waals surface area contributed by atoms with E-state index in [0.717, 1.165) is 23.0 Å². The van der Waals surface area contributed by atoms with Gasteiger partial charge in [0.2, 0.25) is 0 Å². The number of pyridine rings is 1. The second-order valence-electron chi connectivity index (χ2n) is 7.56. The Bertz CT molecular complexity index is 1280. The monoisotopic (exact) mass is 448 g/mol. The van der Waals surface area contributed by atoms with Crippen molar-refractivity contribution in [3.63, 3.8) is 0 Å². The van der Waals surface area contributed by atoms with Crippen molar-refractivity contribution in [1.82, 2.24) is 29.9 Å². The number of amides is 1. The van der Waals surface area contributed by atoms with E-state index in [1.807, 2.05) is 41.1 Å². The van der Waals surface area contributed by atoms with E-state index in [2.05, 4.69) is 20.6 Å². The van der Waals surface area contributed by atoms with Gasteiger partial charge in [-0.15, -0.1) is 5.10 Å². The van der Waals surface area contributed by atoms with Gasteiger partial charge >= 0.3 is 5.97 Å². The molecule has 2 N–H and O–H groups in total. The number of fused-ring (bicyclic) bond motifs is 1. The van der Waals surface area contributed by atoms with Crippen LogP contribution in [0.1, 0.15) is 38.5 Å². The maximum absolute atomic E-state index is 13.1. The molecule has 0 spiro atoms. The van der Waals surface area contributed by atoms with E-state index in [4.69, 9.17) is 9.84 Å². The number of aryl methyl sites for hydroxylation is 1. The van der Waals surface area contributed by atoms with Crippen LogP contribution < -0.4 is 5.32 Å². The number of nitrogens with zero attached hydrogens (tertiary/aromatic N) is 5. The molecule has 4 aromatic rings. The topological polar surface area (TPSA) is 124 Å². The number of carboxylic acid groups (broad SMARTS) is 1. The standard InChI is InChI=1S/C23H24N6O4/c1-33-8-4-7-28-14-19(26-27-28)15-29-20-6-3-2-5-17(20)10-21(29)22(30)25-12-16-9-18(23(31)32)13-24-11-16/h2-3,5-6,9-11,13-14H,4,7-8,12,15H2,1H3,(H,25,30)(H,31,32). The largest absolute Gasteiger partial charge is 0.478 e. The normalized spacial score (nSPS) is 11.1. The summed E-state index contributed by atoms with van der Waals surface area (Å²) in [5.74, 6) is -1.34. The van der Waals surface area contributed by atoms with Crippen LogP contribution >= 0.6 is 0 Å². The first-order chi connectivity index (χ1) is 16.0. The molecule has 0 aliphatic heterocycles. The molecule has 0 radical (unpaired) electrons. The molecule has 4 rings (SSSR count). The van der Waals surface area contributed by atoms with Crippen molar-refractivity contribution < 1.29 is 19.4 Å². The number of carbonyl (C=O) groups excluding carboxylic acids is 1. The lowest BCUT2D eigenvalue weighted by molar-refractivity contribution is 0.0696. The van der Waals surface area contributed by atoms with Crippen LogP contribution in [0.2, 0.25) is 0 Å². The van der Waals surface area contributed by atoms with E-state index >= 15 is 0 Å². The van der Waals surface area contributed by atoms with Crippen LogP contribution in [0.25, 0.3) is 10.9 Å². The van der Waals surface area contributed by atoms with Crippen molar-refractivity contribution >= 4 is 22.8 Å². The van der Waals surface area contributed by atoms with Gasteiger partial charge in [-0.2, -0.15) is 0 Å². The third-order valence-electron chi connectivity index (χ3n) is 5.18. The molecule has 0 saturated carbocycles. The smallest absolute Gasteiger partial charge is 0.337 e. The van der Waals surface area contributed by atoms with E-state index < -0.39 is 5.97 Å². The number of aromatic carboxylic acids is 1. The molecule has 0 unspecified atom stereocenters. The number of para-hydroxylation sites is 1. The van der Waals surface area contributed by atoms with Crippen molar-refractivity contribution in [1.29, 1.82) is 0 Å². The molecule has 0 fully saturated rings. The Labute approximate surface area is 189 Å². The minimum Gasteiger partial charge on any atom is -0.478 e. The average Bonchev–Trinajstić information content (AvgIpc) is 3.43. The van der Waals surface area contributed by atoms with Crippen molar-refractivity contribution in [2.24, 2.45) is 0 Å². The predicted molar refractivity (Wildman–Crippen MR) is 120 cm³/mol. The molecule has 10 heteroatoms. The van der Waals surface area contributed by atoms with Crippen molar-refractivity contribution in [3.05, 3.63) is 77.5 Å². The highest BCUT2D eigenvalue weighted by Gasteiger charge is 2.17. The number of carboxylic acids is 1. The van der Waals surface area contributed by atoms with Crippen LogP contribution in [0.15, 0.2) is 55.0 Å². The first kappa shape index (κ1) is 22.2. The van der Waals surface area contributed by atoms with E-state index in [1.165, 1.54) is 18.5 Å². The zero-order chi connectivity index (χ0) is 23.2. The Kier molecular flexibility index (Phi) is 6.75. The maximum atomic E-state index is 13.1. The molecule has 1 aromatic carbocycles. The molecule has 0 saturated heterocycles. The lowest BCUT2D eigenvalue weighted by Gasteiger charge is -2.10. The second-order valence-corrected chi connectivity index (χ2v) is 7.56. The number of aromatic nitrogens is 5. The van der Waals surface area contributed by atoms with Gasteiger partial charge in [0.15, 0.2) is 0 Å². The first-order valence-electron chi connectivity index (χ1n) is 10.5. The number of hydrogen-bond acceptors (Lipinski definition) is 6. The zero-order valence-corrected chi connectivity index (χ0v) is 18.1. The molecule has 10 nitrogen and oxygen atoms in total. The Morgan fingerprint density at radius 2 is 2.03 bits per heavy atom. The molecule has 33 heavy (non-hydrogen) atoms. The van der Waals surface area contributed by atoms with Gasteiger partial charge in [-0.3, -0.25) is 14.5 Å². The number of hydrogen-bond donors (Lipinski definition) is 2. The Morgan fingerprint density at radius 1 is 1.18 bits per heavy atom. The molecule has 0 atom stereocenters. The van der Waals surface area contributed by atoms with Gasteiger partial charge in [0.25, 0.3) is 5.91 Å². The highest BCUT2D eigenvalue weighted by Crippen LogP contribution is 2.21. The summed E-state index contributed by atoms with van der Waals surface area (Å²) in [4.78, 5) is 28.2. The van der Waals surface area contributed by atoms with E-state index in [0.29, 0.717) is 31.0 Å².